The van der Waals surface area contributed by atoms with Crippen LogP contribution in [0.3, 0.4) is 0 Å². The summed E-state index contributed by atoms with van der Waals surface area (Å²) in [6.07, 6.45) is 0.910. The lowest BCUT2D eigenvalue weighted by Crippen LogP contribution is -2.29. The van der Waals surface area contributed by atoms with E-state index < -0.39 is 11.6 Å². The fraction of sp³-hybridized carbons (Fsp3) is 0.455. The number of benzene rings is 1. The minimum Gasteiger partial charge on any atom is -0.365 e. The maximum absolute atomic E-state index is 13.5. The zero-order chi connectivity index (χ0) is 10.7. The van der Waals surface area contributed by atoms with Crippen molar-refractivity contribution < 1.29 is 8.78 Å². The van der Waals surface area contributed by atoms with E-state index in [9.17, 15) is 8.78 Å². The van der Waals surface area contributed by atoms with Gasteiger partial charge in [0.2, 0.25) is 0 Å². The molecular formula is C11H14F2N2. The van der Waals surface area contributed by atoms with Gasteiger partial charge in [-0.25, -0.2) is 8.78 Å². The summed E-state index contributed by atoms with van der Waals surface area (Å²) >= 11 is 0. The van der Waals surface area contributed by atoms with Crippen LogP contribution < -0.4 is 10.2 Å². The van der Waals surface area contributed by atoms with Crippen LogP contribution in [0.5, 0.6) is 0 Å². The molecule has 0 amide bonds. The van der Waals surface area contributed by atoms with Gasteiger partial charge in [0.1, 0.15) is 17.3 Å². The Hall–Kier alpha value is -1.16. The van der Waals surface area contributed by atoms with Gasteiger partial charge in [-0.1, -0.05) is 6.07 Å². The van der Waals surface area contributed by atoms with E-state index in [2.05, 4.69) is 5.32 Å². The Morgan fingerprint density at radius 2 is 1.80 bits per heavy atom. The van der Waals surface area contributed by atoms with Gasteiger partial charge in [0.05, 0.1) is 0 Å². The van der Waals surface area contributed by atoms with Crippen molar-refractivity contribution in [1.29, 1.82) is 0 Å². The maximum Gasteiger partial charge on any atom is 0.149 e. The number of anilines is 1. The van der Waals surface area contributed by atoms with Crippen LogP contribution in [0, 0.1) is 11.6 Å². The molecule has 1 aliphatic rings. The summed E-state index contributed by atoms with van der Waals surface area (Å²) in [5.41, 5.74) is 0.112. The first-order valence-electron chi connectivity index (χ1n) is 5.19. The van der Waals surface area contributed by atoms with E-state index in [0.29, 0.717) is 13.1 Å². The number of hydrogen-bond acceptors (Lipinski definition) is 2. The lowest BCUT2D eigenvalue weighted by atomic mass is 10.2. The number of rotatable bonds is 1. The average Bonchev–Trinajstić information content (AvgIpc) is 2.46. The van der Waals surface area contributed by atoms with Crippen molar-refractivity contribution in [2.45, 2.75) is 6.42 Å². The first kappa shape index (κ1) is 10.4. The number of halogens is 2. The molecule has 1 heterocycles. The molecule has 1 aromatic carbocycles. The van der Waals surface area contributed by atoms with Crippen LogP contribution in [0.15, 0.2) is 18.2 Å². The summed E-state index contributed by atoms with van der Waals surface area (Å²) in [5, 5.41) is 3.20. The number of para-hydroxylation sites is 1. The molecule has 0 saturated carbocycles. The summed E-state index contributed by atoms with van der Waals surface area (Å²) in [6, 6.07) is 4.00. The van der Waals surface area contributed by atoms with E-state index in [0.717, 1.165) is 19.5 Å². The summed E-state index contributed by atoms with van der Waals surface area (Å²) in [6.45, 7) is 3.03. The standard InChI is InChI=1S/C11H14F2N2/c12-9-3-1-4-10(13)11(9)15-7-2-5-14-6-8-15/h1,3-4,14H,2,5-8H2. The SMILES string of the molecule is Fc1cccc(F)c1N1CCCNCC1. The Morgan fingerprint density at radius 3 is 2.53 bits per heavy atom. The Morgan fingerprint density at radius 1 is 1.07 bits per heavy atom. The van der Waals surface area contributed by atoms with Gasteiger partial charge < -0.3 is 10.2 Å². The van der Waals surface area contributed by atoms with Crippen molar-refractivity contribution in [2.24, 2.45) is 0 Å². The van der Waals surface area contributed by atoms with Crippen molar-refractivity contribution in [1.82, 2.24) is 5.32 Å². The summed E-state index contributed by atoms with van der Waals surface area (Å²) < 4.78 is 26.9. The van der Waals surface area contributed by atoms with Gasteiger partial charge >= 0.3 is 0 Å². The second kappa shape index (κ2) is 4.57. The smallest absolute Gasteiger partial charge is 0.149 e. The highest BCUT2D eigenvalue weighted by Gasteiger charge is 2.17. The zero-order valence-electron chi connectivity index (χ0n) is 8.47. The number of nitrogens with one attached hydrogen (secondary N) is 1. The summed E-state index contributed by atoms with van der Waals surface area (Å²) in [4.78, 5) is 1.77. The first-order chi connectivity index (χ1) is 7.29. The second-order valence-corrected chi connectivity index (χ2v) is 3.66. The zero-order valence-corrected chi connectivity index (χ0v) is 8.47. The molecule has 1 N–H and O–H groups in total. The molecule has 0 bridgehead atoms. The fourth-order valence-corrected chi connectivity index (χ4v) is 1.86. The highest BCUT2D eigenvalue weighted by molar-refractivity contribution is 5.49. The lowest BCUT2D eigenvalue weighted by molar-refractivity contribution is 0.572. The predicted molar refractivity (Wildman–Crippen MR) is 56.1 cm³/mol. The van der Waals surface area contributed by atoms with E-state index >= 15 is 0 Å². The topological polar surface area (TPSA) is 15.3 Å². The van der Waals surface area contributed by atoms with Gasteiger partial charge in [-0.3, -0.25) is 0 Å². The molecule has 0 radical (unpaired) electrons. The maximum atomic E-state index is 13.5. The van der Waals surface area contributed by atoms with E-state index in [-0.39, 0.29) is 5.69 Å². The van der Waals surface area contributed by atoms with Crippen molar-refractivity contribution >= 4 is 5.69 Å². The first-order valence-corrected chi connectivity index (χ1v) is 5.19. The molecule has 0 spiro atoms. The third-order valence-corrected chi connectivity index (χ3v) is 2.59. The summed E-state index contributed by atoms with van der Waals surface area (Å²) in [7, 11) is 0. The number of nitrogens with zero attached hydrogens (tertiary/aromatic N) is 1. The fourth-order valence-electron chi connectivity index (χ4n) is 1.86. The molecule has 1 aromatic rings. The third-order valence-electron chi connectivity index (χ3n) is 2.59. The Kier molecular flexibility index (Phi) is 3.16. The highest BCUT2D eigenvalue weighted by atomic mass is 19.1. The van der Waals surface area contributed by atoms with Gasteiger partial charge in [0.15, 0.2) is 0 Å². The molecular weight excluding hydrogens is 198 g/mol. The van der Waals surface area contributed by atoms with Crippen LogP contribution in [0.4, 0.5) is 14.5 Å². The molecule has 1 fully saturated rings. The van der Waals surface area contributed by atoms with Crippen LogP contribution >= 0.6 is 0 Å². The predicted octanol–water partition coefficient (Wildman–Crippen LogP) is 1.76. The van der Waals surface area contributed by atoms with Crippen LogP contribution in [0.25, 0.3) is 0 Å². The van der Waals surface area contributed by atoms with Crippen LogP contribution in [0.1, 0.15) is 6.42 Å². The molecule has 15 heavy (non-hydrogen) atoms. The monoisotopic (exact) mass is 212 g/mol. The van der Waals surface area contributed by atoms with Crippen molar-refractivity contribution in [3.63, 3.8) is 0 Å². The molecule has 82 valence electrons. The van der Waals surface area contributed by atoms with E-state index in [1.165, 1.54) is 18.2 Å². The molecule has 2 nitrogen and oxygen atoms in total. The molecule has 4 heteroatoms. The quantitative estimate of drug-likeness (QED) is 0.763. The molecule has 2 rings (SSSR count). The molecule has 1 saturated heterocycles. The second-order valence-electron chi connectivity index (χ2n) is 3.66. The van der Waals surface area contributed by atoms with Gasteiger partial charge in [-0.2, -0.15) is 0 Å². The Labute approximate surface area is 87.9 Å². The summed E-state index contributed by atoms with van der Waals surface area (Å²) in [5.74, 6) is -0.950. The molecule has 1 aliphatic heterocycles. The van der Waals surface area contributed by atoms with Gasteiger partial charge in [0.25, 0.3) is 0 Å². The normalized spacial score (nSPS) is 17.6. The van der Waals surface area contributed by atoms with Crippen LogP contribution in [0.2, 0.25) is 0 Å². The largest absolute Gasteiger partial charge is 0.365 e. The minimum atomic E-state index is -0.475. The van der Waals surface area contributed by atoms with E-state index in [4.69, 9.17) is 0 Å². The van der Waals surface area contributed by atoms with Crippen molar-refractivity contribution in [3.05, 3.63) is 29.8 Å². The average molecular weight is 212 g/mol. The minimum absolute atomic E-state index is 0.112. The van der Waals surface area contributed by atoms with Crippen molar-refractivity contribution in [2.75, 3.05) is 31.1 Å². The highest BCUT2D eigenvalue weighted by Crippen LogP contribution is 2.23. The van der Waals surface area contributed by atoms with Crippen LogP contribution in [-0.4, -0.2) is 26.2 Å². The molecule has 0 aliphatic carbocycles. The molecule has 0 atom stereocenters. The van der Waals surface area contributed by atoms with Gasteiger partial charge in [-0.05, 0) is 25.1 Å². The van der Waals surface area contributed by atoms with Crippen molar-refractivity contribution in [3.8, 4) is 0 Å². The Balaban J connectivity index is 2.26. The van der Waals surface area contributed by atoms with Gasteiger partial charge in [-0.15, -0.1) is 0 Å². The van der Waals surface area contributed by atoms with E-state index in [1.54, 1.807) is 4.90 Å². The molecule has 0 aromatic heterocycles. The Bertz CT molecular complexity index is 313. The molecule has 0 unspecified atom stereocenters. The van der Waals surface area contributed by atoms with E-state index in [1.807, 2.05) is 0 Å². The third kappa shape index (κ3) is 2.26. The number of hydrogen-bond donors (Lipinski definition) is 1. The lowest BCUT2D eigenvalue weighted by Gasteiger charge is -2.23. The van der Waals surface area contributed by atoms with Gasteiger partial charge in [0, 0.05) is 19.6 Å². The van der Waals surface area contributed by atoms with Crippen LogP contribution in [-0.2, 0) is 0 Å².